The van der Waals surface area contributed by atoms with Crippen molar-refractivity contribution in [2.45, 2.75) is 56.4 Å². The summed E-state index contributed by atoms with van der Waals surface area (Å²) in [5.74, 6) is -1.24. The van der Waals surface area contributed by atoms with Gasteiger partial charge < -0.3 is 25.6 Å². The summed E-state index contributed by atoms with van der Waals surface area (Å²) in [5.41, 5.74) is 0.984. The molecule has 1 aliphatic carbocycles. The largest absolute Gasteiger partial charge is 0.493 e. The Morgan fingerprint density at radius 1 is 1.22 bits per heavy atom. The predicted octanol–water partition coefficient (Wildman–Crippen LogP) is 2.30. The van der Waals surface area contributed by atoms with Gasteiger partial charge in [-0.25, -0.2) is 8.78 Å². The molecule has 4 N–H and O–H groups in total. The lowest BCUT2D eigenvalue weighted by atomic mass is 9.97. The average Bonchev–Trinajstić information content (AvgIpc) is 3.49. The van der Waals surface area contributed by atoms with Gasteiger partial charge in [0.15, 0.2) is 0 Å². The van der Waals surface area contributed by atoms with Crippen LogP contribution in [0.5, 0.6) is 5.75 Å². The van der Waals surface area contributed by atoms with Crippen LogP contribution in [-0.2, 0) is 11.2 Å². The summed E-state index contributed by atoms with van der Waals surface area (Å²) in [7, 11) is 0. The second-order valence-electron chi connectivity index (χ2n) is 8.80. The molecule has 1 heterocycles. The Kier molecular flexibility index (Phi) is 6.46. The number of nitrogens with one attached hydrogen (secondary N) is 2. The number of benzene rings is 2. The van der Waals surface area contributed by atoms with E-state index in [0.29, 0.717) is 25.0 Å². The molecule has 0 spiro atoms. The zero-order valence-corrected chi connectivity index (χ0v) is 17.9. The van der Waals surface area contributed by atoms with E-state index in [1.807, 2.05) is 25.1 Å². The topological polar surface area (TPSA) is 90.8 Å². The van der Waals surface area contributed by atoms with Gasteiger partial charge in [0.1, 0.15) is 23.0 Å². The van der Waals surface area contributed by atoms with Crippen molar-refractivity contribution in [3.05, 3.63) is 64.7 Å². The van der Waals surface area contributed by atoms with E-state index in [4.69, 9.17) is 4.74 Å². The number of amides is 1. The predicted molar refractivity (Wildman–Crippen MR) is 114 cm³/mol. The maximum absolute atomic E-state index is 13.7. The fraction of sp³-hybridized carbons (Fsp3) is 0.458. The monoisotopic (exact) mass is 446 g/mol. The van der Waals surface area contributed by atoms with Crippen LogP contribution < -0.4 is 15.4 Å². The Bertz CT molecular complexity index is 976. The molecule has 1 fully saturated rings. The number of ether oxygens (including phenoxy) is 1. The van der Waals surface area contributed by atoms with E-state index in [2.05, 4.69) is 10.6 Å². The number of aryl methyl sites for hydroxylation is 1. The van der Waals surface area contributed by atoms with E-state index in [1.54, 1.807) is 0 Å². The minimum Gasteiger partial charge on any atom is -0.493 e. The minimum absolute atomic E-state index is 0.0167. The van der Waals surface area contributed by atoms with Crippen molar-refractivity contribution in [2.24, 2.45) is 0 Å². The first-order valence-electron chi connectivity index (χ1n) is 10.9. The number of hydrogen-bond acceptors (Lipinski definition) is 5. The Labute approximate surface area is 185 Å². The van der Waals surface area contributed by atoms with Gasteiger partial charge in [0.2, 0.25) is 0 Å². The van der Waals surface area contributed by atoms with Crippen molar-refractivity contribution in [3.63, 3.8) is 0 Å². The third-order valence-corrected chi connectivity index (χ3v) is 6.08. The van der Waals surface area contributed by atoms with Crippen LogP contribution in [0.25, 0.3) is 0 Å². The number of aliphatic hydroxyl groups excluding tert-OH is 1. The summed E-state index contributed by atoms with van der Waals surface area (Å²) in [4.78, 5) is 12.4. The molecule has 1 aliphatic heterocycles. The highest BCUT2D eigenvalue weighted by atomic mass is 19.1. The molecule has 32 heavy (non-hydrogen) atoms. The van der Waals surface area contributed by atoms with Crippen molar-refractivity contribution in [1.29, 1.82) is 0 Å². The Balaban J connectivity index is 1.47. The molecule has 0 radical (unpaired) electrons. The van der Waals surface area contributed by atoms with E-state index in [0.717, 1.165) is 29.4 Å². The molecular weight excluding hydrogens is 418 g/mol. The van der Waals surface area contributed by atoms with Crippen molar-refractivity contribution < 1.29 is 28.5 Å². The molecule has 8 heteroatoms. The molecule has 6 nitrogen and oxygen atoms in total. The summed E-state index contributed by atoms with van der Waals surface area (Å²) in [6.45, 7) is 2.67. The summed E-state index contributed by atoms with van der Waals surface area (Å²) < 4.78 is 33.0. The van der Waals surface area contributed by atoms with E-state index in [1.165, 1.54) is 12.1 Å². The van der Waals surface area contributed by atoms with E-state index < -0.39 is 35.3 Å². The average molecular weight is 446 g/mol. The van der Waals surface area contributed by atoms with Crippen molar-refractivity contribution in [2.75, 3.05) is 13.2 Å². The summed E-state index contributed by atoms with van der Waals surface area (Å²) >= 11 is 0. The van der Waals surface area contributed by atoms with Gasteiger partial charge in [-0.2, -0.15) is 0 Å². The van der Waals surface area contributed by atoms with Gasteiger partial charge in [-0.3, -0.25) is 4.79 Å². The van der Waals surface area contributed by atoms with Gasteiger partial charge in [0.05, 0.1) is 18.8 Å². The first kappa shape index (κ1) is 22.6. The summed E-state index contributed by atoms with van der Waals surface area (Å²) in [6, 6.07) is 8.18. The Morgan fingerprint density at radius 2 is 1.94 bits per heavy atom. The first-order chi connectivity index (χ1) is 15.2. The van der Waals surface area contributed by atoms with Crippen molar-refractivity contribution >= 4 is 5.91 Å². The molecule has 2 aliphatic rings. The second-order valence-corrected chi connectivity index (χ2v) is 8.80. The van der Waals surface area contributed by atoms with E-state index >= 15 is 0 Å². The second kappa shape index (κ2) is 9.13. The van der Waals surface area contributed by atoms with Crippen LogP contribution >= 0.6 is 0 Å². The smallest absolute Gasteiger partial charge is 0.252 e. The molecule has 4 rings (SSSR count). The molecule has 0 bridgehead atoms. The van der Waals surface area contributed by atoms with E-state index in [9.17, 15) is 23.8 Å². The van der Waals surface area contributed by atoms with Gasteiger partial charge in [0.25, 0.3) is 5.91 Å². The van der Waals surface area contributed by atoms with Crippen LogP contribution in [0.3, 0.4) is 0 Å². The number of rotatable bonds is 8. The van der Waals surface area contributed by atoms with Crippen LogP contribution in [0, 0.1) is 18.6 Å². The van der Waals surface area contributed by atoms with Crippen LogP contribution in [0.4, 0.5) is 8.78 Å². The fourth-order valence-electron chi connectivity index (χ4n) is 4.05. The Hall–Kier alpha value is -2.55. The molecule has 1 saturated carbocycles. The standard InChI is InChI=1S/C24H28F2N2O4/c1-14-2-3-22-18(8-14)19(4-7-32-22)27-13-21(29)20(28-23(30)24(31)5-6-24)11-15-9-16(25)12-17(26)10-15/h2-3,8-10,12,19-21,27,29,31H,4-7,11,13H2,1H3,(H,28,30). The highest BCUT2D eigenvalue weighted by Gasteiger charge is 2.48. The Morgan fingerprint density at radius 3 is 2.62 bits per heavy atom. The third-order valence-electron chi connectivity index (χ3n) is 6.08. The normalized spacial score (nSPS) is 20.6. The molecule has 172 valence electrons. The zero-order chi connectivity index (χ0) is 22.9. The van der Waals surface area contributed by atoms with Crippen LogP contribution in [0.2, 0.25) is 0 Å². The molecule has 0 aromatic heterocycles. The SMILES string of the molecule is Cc1ccc2c(c1)C(NCC(O)C(Cc1cc(F)cc(F)c1)NC(=O)C1(O)CC1)CCO2. The maximum atomic E-state index is 13.7. The lowest BCUT2D eigenvalue weighted by Crippen LogP contribution is -2.52. The molecule has 1 amide bonds. The fourth-order valence-corrected chi connectivity index (χ4v) is 4.05. The van der Waals surface area contributed by atoms with Crippen LogP contribution in [0.15, 0.2) is 36.4 Å². The van der Waals surface area contributed by atoms with Gasteiger partial charge in [-0.05, 0) is 49.9 Å². The maximum Gasteiger partial charge on any atom is 0.252 e. The first-order valence-corrected chi connectivity index (χ1v) is 10.9. The van der Waals surface area contributed by atoms with Gasteiger partial charge in [0, 0.05) is 30.6 Å². The van der Waals surface area contributed by atoms with Crippen molar-refractivity contribution in [1.82, 2.24) is 10.6 Å². The zero-order valence-electron chi connectivity index (χ0n) is 17.9. The van der Waals surface area contributed by atoms with Crippen molar-refractivity contribution in [3.8, 4) is 5.75 Å². The highest BCUT2D eigenvalue weighted by Crippen LogP contribution is 2.35. The molecule has 2 aromatic rings. The number of aliphatic hydroxyl groups is 2. The molecule has 0 saturated heterocycles. The molecule has 2 aromatic carbocycles. The van der Waals surface area contributed by atoms with Crippen LogP contribution in [0.1, 0.15) is 42.0 Å². The van der Waals surface area contributed by atoms with Gasteiger partial charge >= 0.3 is 0 Å². The van der Waals surface area contributed by atoms with Crippen LogP contribution in [-0.4, -0.2) is 47.0 Å². The van der Waals surface area contributed by atoms with Gasteiger partial charge in [-0.15, -0.1) is 0 Å². The van der Waals surface area contributed by atoms with E-state index in [-0.39, 0.29) is 19.0 Å². The quantitative estimate of drug-likeness (QED) is 0.500. The number of halogens is 2. The minimum atomic E-state index is -1.42. The summed E-state index contributed by atoms with van der Waals surface area (Å²) in [6.07, 6.45) is 0.390. The number of carbonyl (C=O) groups is 1. The highest BCUT2D eigenvalue weighted by molar-refractivity contribution is 5.88. The number of carbonyl (C=O) groups excluding carboxylic acids is 1. The lowest BCUT2D eigenvalue weighted by molar-refractivity contribution is -0.133. The van der Waals surface area contributed by atoms with Gasteiger partial charge in [-0.1, -0.05) is 17.7 Å². The third kappa shape index (κ3) is 5.26. The molecule has 3 atom stereocenters. The lowest BCUT2D eigenvalue weighted by Gasteiger charge is -2.30. The summed E-state index contributed by atoms with van der Waals surface area (Å²) in [5, 5.41) is 27.0. The number of fused-ring (bicyclic) bond motifs is 1. The number of hydrogen-bond donors (Lipinski definition) is 4. The molecule has 3 unspecified atom stereocenters. The molecular formula is C24H28F2N2O4.